The highest BCUT2D eigenvalue weighted by Crippen LogP contribution is 2.41. The molecule has 1 saturated carbocycles. The van der Waals surface area contributed by atoms with Gasteiger partial charge in [0.05, 0.1) is 12.3 Å². The van der Waals surface area contributed by atoms with Crippen molar-refractivity contribution >= 4 is 21.7 Å². The molecule has 7 nitrogen and oxygen atoms in total. The maximum atomic E-state index is 12.3. The molecule has 2 saturated heterocycles. The average Bonchev–Trinajstić information content (AvgIpc) is 3.14. The van der Waals surface area contributed by atoms with E-state index in [0.717, 1.165) is 13.0 Å². The van der Waals surface area contributed by atoms with E-state index in [1.165, 1.54) is 19.1 Å². The summed E-state index contributed by atoms with van der Waals surface area (Å²) >= 11 is 0. The summed E-state index contributed by atoms with van der Waals surface area (Å²) in [7, 11) is -2.97. The monoisotopic (exact) mass is 357 g/mol. The van der Waals surface area contributed by atoms with E-state index in [1.807, 2.05) is 0 Å². The molecule has 8 heteroatoms. The van der Waals surface area contributed by atoms with Crippen molar-refractivity contribution < 1.29 is 18.0 Å². The van der Waals surface area contributed by atoms with Crippen LogP contribution in [-0.4, -0.2) is 80.8 Å². The van der Waals surface area contributed by atoms with Crippen molar-refractivity contribution in [1.29, 1.82) is 0 Å². The lowest BCUT2D eigenvalue weighted by atomic mass is 9.98. The first kappa shape index (κ1) is 17.7. The molecule has 0 radical (unpaired) electrons. The molecule has 24 heavy (non-hydrogen) atoms. The number of nitrogens with zero attached hydrogens (tertiary/aromatic N) is 2. The molecule has 2 atom stereocenters. The van der Waals surface area contributed by atoms with Crippen LogP contribution in [0.5, 0.6) is 0 Å². The van der Waals surface area contributed by atoms with E-state index >= 15 is 0 Å². The number of carbonyl (C=O) groups is 2. The zero-order valence-electron chi connectivity index (χ0n) is 14.2. The van der Waals surface area contributed by atoms with Crippen LogP contribution in [0.25, 0.3) is 0 Å². The van der Waals surface area contributed by atoms with Gasteiger partial charge < -0.3 is 10.2 Å². The fourth-order valence-electron chi connectivity index (χ4n) is 3.84. The molecule has 0 spiro atoms. The Bertz CT molecular complexity index is 602. The molecule has 2 heterocycles. The van der Waals surface area contributed by atoms with Crippen LogP contribution < -0.4 is 5.32 Å². The topological polar surface area (TPSA) is 86.8 Å². The second-order valence-corrected chi connectivity index (χ2v) is 9.74. The van der Waals surface area contributed by atoms with E-state index in [0.29, 0.717) is 37.9 Å². The van der Waals surface area contributed by atoms with Gasteiger partial charge in [0.15, 0.2) is 0 Å². The second kappa shape index (κ2) is 7.00. The third-order valence-corrected chi connectivity index (χ3v) is 6.22. The van der Waals surface area contributed by atoms with Crippen LogP contribution in [0.2, 0.25) is 0 Å². The van der Waals surface area contributed by atoms with Gasteiger partial charge in [0.2, 0.25) is 11.8 Å². The quantitative estimate of drug-likeness (QED) is 0.663. The van der Waals surface area contributed by atoms with E-state index in [1.54, 1.807) is 4.90 Å². The van der Waals surface area contributed by atoms with E-state index < -0.39 is 9.84 Å². The predicted molar refractivity (Wildman–Crippen MR) is 90.1 cm³/mol. The maximum absolute atomic E-state index is 12.3. The standard InChI is InChI=1S/C16H27N3O4S/c1-24(22,23)8-7-18-9-13(12-4-5-12)14(10-18)17-15(20)11-19-6-2-3-16(19)21/h12-14H,2-11H2,1H3,(H,17,20). The molecule has 0 aromatic heterocycles. The van der Waals surface area contributed by atoms with Gasteiger partial charge in [0.25, 0.3) is 0 Å². The highest BCUT2D eigenvalue weighted by Gasteiger charge is 2.43. The Kier molecular flexibility index (Phi) is 5.15. The van der Waals surface area contributed by atoms with Crippen LogP contribution in [-0.2, 0) is 19.4 Å². The van der Waals surface area contributed by atoms with E-state index in [-0.39, 0.29) is 30.2 Å². The average molecular weight is 357 g/mol. The van der Waals surface area contributed by atoms with Gasteiger partial charge in [-0.15, -0.1) is 0 Å². The Morgan fingerprint density at radius 3 is 2.62 bits per heavy atom. The van der Waals surface area contributed by atoms with Crippen molar-refractivity contribution in [2.75, 3.05) is 44.7 Å². The largest absolute Gasteiger partial charge is 0.350 e. The molecule has 1 aliphatic carbocycles. The van der Waals surface area contributed by atoms with Crippen molar-refractivity contribution in [2.45, 2.75) is 31.7 Å². The van der Waals surface area contributed by atoms with Crippen LogP contribution in [0.3, 0.4) is 0 Å². The zero-order valence-corrected chi connectivity index (χ0v) is 15.1. The summed E-state index contributed by atoms with van der Waals surface area (Å²) in [4.78, 5) is 27.7. The number of carbonyl (C=O) groups excluding carboxylic acids is 2. The normalized spacial score (nSPS) is 28.5. The lowest BCUT2D eigenvalue weighted by Crippen LogP contribution is -2.46. The molecule has 2 aliphatic heterocycles. The Labute approximate surface area is 143 Å². The van der Waals surface area contributed by atoms with Gasteiger partial charge in [-0.25, -0.2) is 8.42 Å². The third kappa shape index (κ3) is 4.69. The third-order valence-electron chi connectivity index (χ3n) is 5.30. The van der Waals surface area contributed by atoms with Crippen molar-refractivity contribution in [1.82, 2.24) is 15.1 Å². The molecule has 0 aromatic carbocycles. The number of hydrogen-bond donors (Lipinski definition) is 1. The predicted octanol–water partition coefficient (Wildman–Crippen LogP) is -0.520. The summed E-state index contributed by atoms with van der Waals surface area (Å²) in [6.45, 7) is 2.91. The molecule has 2 amide bonds. The number of sulfone groups is 1. The molecule has 136 valence electrons. The molecule has 1 N–H and O–H groups in total. The Balaban J connectivity index is 1.52. The summed E-state index contributed by atoms with van der Waals surface area (Å²) in [6, 6.07) is 0.0715. The first-order valence-electron chi connectivity index (χ1n) is 8.79. The smallest absolute Gasteiger partial charge is 0.239 e. The van der Waals surface area contributed by atoms with Gasteiger partial charge in [-0.1, -0.05) is 0 Å². The van der Waals surface area contributed by atoms with E-state index in [2.05, 4.69) is 10.2 Å². The van der Waals surface area contributed by atoms with Crippen LogP contribution in [0.4, 0.5) is 0 Å². The van der Waals surface area contributed by atoms with Crippen molar-refractivity contribution in [3.05, 3.63) is 0 Å². The van der Waals surface area contributed by atoms with Crippen molar-refractivity contribution in [2.24, 2.45) is 11.8 Å². The van der Waals surface area contributed by atoms with Crippen LogP contribution in [0.1, 0.15) is 25.7 Å². The lowest BCUT2D eigenvalue weighted by molar-refractivity contribution is -0.133. The first-order valence-corrected chi connectivity index (χ1v) is 10.8. The van der Waals surface area contributed by atoms with E-state index in [9.17, 15) is 18.0 Å². The molecule has 3 fully saturated rings. The molecule has 0 bridgehead atoms. The number of likely N-dealkylation sites (tertiary alicyclic amines) is 2. The second-order valence-electron chi connectivity index (χ2n) is 7.48. The molecule has 3 rings (SSSR count). The number of rotatable bonds is 7. The summed E-state index contributed by atoms with van der Waals surface area (Å²) in [5.74, 6) is 1.18. The Morgan fingerprint density at radius 2 is 2.04 bits per heavy atom. The molecule has 3 aliphatic rings. The lowest BCUT2D eigenvalue weighted by Gasteiger charge is -2.22. The van der Waals surface area contributed by atoms with E-state index in [4.69, 9.17) is 0 Å². The van der Waals surface area contributed by atoms with Gasteiger partial charge in [0, 0.05) is 44.9 Å². The fourth-order valence-corrected chi connectivity index (χ4v) is 4.43. The highest BCUT2D eigenvalue weighted by molar-refractivity contribution is 7.90. The number of nitrogens with one attached hydrogen (secondary N) is 1. The molecular formula is C16H27N3O4S. The zero-order chi connectivity index (χ0) is 17.3. The van der Waals surface area contributed by atoms with Gasteiger partial charge in [0.1, 0.15) is 9.84 Å². The summed E-state index contributed by atoms with van der Waals surface area (Å²) in [6.07, 6.45) is 5.02. The summed E-state index contributed by atoms with van der Waals surface area (Å²) < 4.78 is 22.7. The van der Waals surface area contributed by atoms with Gasteiger partial charge >= 0.3 is 0 Å². The highest BCUT2D eigenvalue weighted by atomic mass is 32.2. The summed E-state index contributed by atoms with van der Waals surface area (Å²) in [5.41, 5.74) is 0. The SMILES string of the molecule is CS(=O)(=O)CCN1CC(NC(=O)CN2CCCC2=O)C(C2CC2)C1. The summed E-state index contributed by atoms with van der Waals surface area (Å²) in [5, 5.41) is 3.10. The number of amides is 2. The van der Waals surface area contributed by atoms with Crippen LogP contribution >= 0.6 is 0 Å². The minimum absolute atomic E-state index is 0.0603. The first-order chi connectivity index (χ1) is 11.3. The van der Waals surface area contributed by atoms with Crippen LogP contribution in [0, 0.1) is 11.8 Å². The maximum Gasteiger partial charge on any atom is 0.239 e. The van der Waals surface area contributed by atoms with Gasteiger partial charge in [-0.3, -0.25) is 14.5 Å². The van der Waals surface area contributed by atoms with Crippen molar-refractivity contribution in [3.8, 4) is 0 Å². The Morgan fingerprint density at radius 1 is 1.29 bits per heavy atom. The van der Waals surface area contributed by atoms with Gasteiger partial charge in [-0.05, 0) is 31.1 Å². The van der Waals surface area contributed by atoms with Gasteiger partial charge in [-0.2, -0.15) is 0 Å². The Hall–Kier alpha value is -1.15. The van der Waals surface area contributed by atoms with Crippen molar-refractivity contribution in [3.63, 3.8) is 0 Å². The minimum Gasteiger partial charge on any atom is -0.350 e. The number of hydrogen-bond acceptors (Lipinski definition) is 5. The molecule has 0 aromatic rings. The minimum atomic E-state index is -2.97. The fraction of sp³-hybridized carbons (Fsp3) is 0.875. The van der Waals surface area contributed by atoms with Crippen LogP contribution in [0.15, 0.2) is 0 Å². The molecular weight excluding hydrogens is 330 g/mol. The molecule has 2 unspecified atom stereocenters.